The lowest BCUT2D eigenvalue weighted by molar-refractivity contribution is -0.143. The normalized spacial score (nSPS) is 13.8. The van der Waals surface area contributed by atoms with Crippen molar-refractivity contribution >= 4 is 21.9 Å². The van der Waals surface area contributed by atoms with Gasteiger partial charge < -0.3 is 10.4 Å². The summed E-state index contributed by atoms with van der Waals surface area (Å²) < 4.78 is 22.9. The van der Waals surface area contributed by atoms with Crippen molar-refractivity contribution in [2.45, 2.75) is 19.9 Å². The molecule has 0 aliphatic carbocycles. The number of carboxylic acid groups (broad SMARTS) is 1. The van der Waals surface area contributed by atoms with Crippen LogP contribution in [0.2, 0.25) is 0 Å². The SMILES string of the molecule is CC(C)C(NC(=O)CN(C)S(C)(=O)=O)C(=O)O. The van der Waals surface area contributed by atoms with Gasteiger partial charge in [-0.15, -0.1) is 0 Å². The molecule has 1 atom stereocenters. The van der Waals surface area contributed by atoms with Crippen LogP contribution in [0.3, 0.4) is 0 Å². The number of hydrogen-bond donors (Lipinski definition) is 2. The van der Waals surface area contributed by atoms with E-state index in [0.717, 1.165) is 10.6 Å². The third kappa shape index (κ3) is 5.64. The van der Waals surface area contributed by atoms with Crippen LogP contribution in [-0.4, -0.2) is 55.6 Å². The van der Waals surface area contributed by atoms with Crippen LogP contribution in [0.5, 0.6) is 0 Å². The minimum Gasteiger partial charge on any atom is -0.480 e. The highest BCUT2D eigenvalue weighted by molar-refractivity contribution is 7.88. The molecule has 0 saturated carbocycles. The Balaban J connectivity index is 4.50. The summed E-state index contributed by atoms with van der Waals surface area (Å²) in [5.41, 5.74) is 0. The fraction of sp³-hybridized carbons (Fsp3) is 0.778. The van der Waals surface area contributed by atoms with Gasteiger partial charge in [0.2, 0.25) is 15.9 Å². The predicted octanol–water partition coefficient (Wildman–Crippen LogP) is -0.897. The molecule has 1 amide bonds. The van der Waals surface area contributed by atoms with Crippen molar-refractivity contribution in [1.29, 1.82) is 0 Å². The highest BCUT2D eigenvalue weighted by atomic mass is 32.2. The second-order valence-electron chi connectivity index (χ2n) is 4.15. The van der Waals surface area contributed by atoms with Crippen molar-refractivity contribution < 1.29 is 23.1 Å². The quantitative estimate of drug-likeness (QED) is 0.648. The van der Waals surface area contributed by atoms with E-state index in [4.69, 9.17) is 5.11 Å². The standard InChI is InChI=1S/C9H18N2O5S/c1-6(2)8(9(13)14)10-7(12)5-11(3)17(4,15)16/h6,8H,5H2,1-4H3,(H,10,12)(H,13,14). The molecule has 0 radical (unpaired) electrons. The monoisotopic (exact) mass is 266 g/mol. The van der Waals surface area contributed by atoms with Gasteiger partial charge in [0, 0.05) is 7.05 Å². The molecule has 0 aliphatic rings. The minimum absolute atomic E-state index is 0.278. The van der Waals surface area contributed by atoms with Crippen LogP contribution in [0, 0.1) is 5.92 Å². The number of hydrogen-bond acceptors (Lipinski definition) is 4. The first-order valence-corrected chi connectivity index (χ1v) is 6.84. The zero-order valence-corrected chi connectivity index (χ0v) is 11.1. The second kappa shape index (κ2) is 5.97. The van der Waals surface area contributed by atoms with Gasteiger partial charge in [-0.25, -0.2) is 13.2 Å². The first-order chi connectivity index (χ1) is 7.55. The van der Waals surface area contributed by atoms with Gasteiger partial charge in [-0.1, -0.05) is 13.8 Å². The van der Waals surface area contributed by atoms with E-state index in [9.17, 15) is 18.0 Å². The molecule has 0 fully saturated rings. The van der Waals surface area contributed by atoms with Crippen LogP contribution in [0.4, 0.5) is 0 Å². The molecule has 7 nitrogen and oxygen atoms in total. The Morgan fingerprint density at radius 3 is 2.12 bits per heavy atom. The van der Waals surface area contributed by atoms with E-state index in [0.29, 0.717) is 0 Å². The van der Waals surface area contributed by atoms with Crippen molar-refractivity contribution in [2.24, 2.45) is 5.92 Å². The zero-order chi connectivity index (χ0) is 13.8. The molecule has 8 heteroatoms. The second-order valence-corrected chi connectivity index (χ2v) is 6.24. The largest absolute Gasteiger partial charge is 0.480 e. The first-order valence-electron chi connectivity index (χ1n) is 4.99. The van der Waals surface area contributed by atoms with E-state index in [-0.39, 0.29) is 5.92 Å². The average molecular weight is 266 g/mol. The summed E-state index contributed by atoms with van der Waals surface area (Å²) in [4.78, 5) is 22.3. The number of nitrogens with zero attached hydrogens (tertiary/aromatic N) is 1. The molecular weight excluding hydrogens is 248 g/mol. The maximum absolute atomic E-state index is 11.4. The Morgan fingerprint density at radius 1 is 1.35 bits per heavy atom. The highest BCUT2D eigenvalue weighted by Gasteiger charge is 2.24. The van der Waals surface area contributed by atoms with Crippen molar-refractivity contribution in [3.05, 3.63) is 0 Å². The van der Waals surface area contributed by atoms with Crippen LogP contribution in [0.15, 0.2) is 0 Å². The van der Waals surface area contributed by atoms with Gasteiger partial charge in [0.05, 0.1) is 12.8 Å². The lowest BCUT2D eigenvalue weighted by Gasteiger charge is -2.20. The van der Waals surface area contributed by atoms with Crippen LogP contribution in [-0.2, 0) is 19.6 Å². The molecule has 0 bridgehead atoms. The number of sulfonamides is 1. The maximum Gasteiger partial charge on any atom is 0.326 e. The van der Waals surface area contributed by atoms with Crippen LogP contribution >= 0.6 is 0 Å². The number of likely N-dealkylation sites (N-methyl/N-ethyl adjacent to an activating group) is 1. The summed E-state index contributed by atoms with van der Waals surface area (Å²) in [5, 5.41) is 11.1. The van der Waals surface area contributed by atoms with E-state index in [1.54, 1.807) is 13.8 Å². The molecule has 0 saturated heterocycles. The van der Waals surface area contributed by atoms with Gasteiger partial charge >= 0.3 is 5.97 Å². The molecule has 100 valence electrons. The van der Waals surface area contributed by atoms with E-state index in [1.165, 1.54) is 7.05 Å². The summed E-state index contributed by atoms with van der Waals surface area (Å²) in [5.74, 6) is -2.06. The number of rotatable bonds is 6. The third-order valence-electron chi connectivity index (χ3n) is 2.18. The van der Waals surface area contributed by atoms with Gasteiger partial charge in [0.25, 0.3) is 0 Å². The number of nitrogens with one attached hydrogen (secondary N) is 1. The van der Waals surface area contributed by atoms with Crippen molar-refractivity contribution in [1.82, 2.24) is 9.62 Å². The number of carbonyl (C=O) groups excluding carboxylic acids is 1. The van der Waals surface area contributed by atoms with Gasteiger partial charge in [-0.3, -0.25) is 4.79 Å². The Kier molecular flexibility index (Phi) is 5.56. The Morgan fingerprint density at radius 2 is 1.82 bits per heavy atom. The van der Waals surface area contributed by atoms with Crippen molar-refractivity contribution in [2.75, 3.05) is 19.8 Å². The molecule has 2 N–H and O–H groups in total. The topological polar surface area (TPSA) is 104 Å². The molecule has 0 aromatic rings. The molecule has 17 heavy (non-hydrogen) atoms. The van der Waals surface area contributed by atoms with E-state index < -0.39 is 34.5 Å². The van der Waals surface area contributed by atoms with E-state index >= 15 is 0 Å². The lowest BCUT2D eigenvalue weighted by Crippen LogP contribution is -2.48. The molecule has 0 heterocycles. The molecular formula is C9H18N2O5S. The number of amides is 1. The molecule has 0 aromatic carbocycles. The number of carboxylic acids is 1. The molecule has 0 rings (SSSR count). The summed E-state index contributed by atoms with van der Waals surface area (Å²) in [6, 6.07) is -1.02. The first kappa shape index (κ1) is 15.9. The van der Waals surface area contributed by atoms with Gasteiger partial charge in [0.1, 0.15) is 6.04 Å². The van der Waals surface area contributed by atoms with Crippen LogP contribution < -0.4 is 5.32 Å². The Labute approximate surface area is 101 Å². The van der Waals surface area contributed by atoms with Gasteiger partial charge in [-0.2, -0.15) is 4.31 Å². The fourth-order valence-electron chi connectivity index (χ4n) is 1.05. The highest BCUT2D eigenvalue weighted by Crippen LogP contribution is 2.02. The zero-order valence-electron chi connectivity index (χ0n) is 10.3. The van der Waals surface area contributed by atoms with Crippen LogP contribution in [0.25, 0.3) is 0 Å². The molecule has 0 spiro atoms. The van der Waals surface area contributed by atoms with E-state index in [2.05, 4.69) is 5.32 Å². The molecule has 0 aliphatic heterocycles. The average Bonchev–Trinajstić information content (AvgIpc) is 2.11. The maximum atomic E-state index is 11.4. The smallest absolute Gasteiger partial charge is 0.326 e. The van der Waals surface area contributed by atoms with Crippen molar-refractivity contribution in [3.63, 3.8) is 0 Å². The van der Waals surface area contributed by atoms with E-state index in [1.807, 2.05) is 0 Å². The Bertz CT molecular complexity index is 390. The lowest BCUT2D eigenvalue weighted by atomic mass is 10.1. The summed E-state index contributed by atoms with van der Waals surface area (Å²) in [6.07, 6.45) is 0.970. The predicted molar refractivity (Wildman–Crippen MR) is 61.9 cm³/mol. The Hall–Kier alpha value is -1.15. The minimum atomic E-state index is -3.45. The van der Waals surface area contributed by atoms with Gasteiger partial charge in [0.15, 0.2) is 0 Å². The summed E-state index contributed by atoms with van der Waals surface area (Å²) >= 11 is 0. The fourth-order valence-corrected chi connectivity index (χ4v) is 1.40. The van der Waals surface area contributed by atoms with Crippen molar-refractivity contribution in [3.8, 4) is 0 Å². The molecule has 0 aromatic heterocycles. The summed E-state index contributed by atoms with van der Waals surface area (Å²) in [7, 11) is -2.20. The van der Waals surface area contributed by atoms with Crippen LogP contribution in [0.1, 0.15) is 13.8 Å². The van der Waals surface area contributed by atoms with Gasteiger partial charge in [-0.05, 0) is 5.92 Å². The summed E-state index contributed by atoms with van der Waals surface area (Å²) in [6.45, 7) is 2.91. The number of aliphatic carboxylic acids is 1. The molecule has 1 unspecified atom stereocenters. The number of carbonyl (C=O) groups is 2. The third-order valence-corrected chi connectivity index (χ3v) is 3.44.